The minimum Gasteiger partial charge on any atom is -0.497 e. The lowest BCUT2D eigenvalue weighted by Gasteiger charge is -2.06. The minimum atomic E-state index is -0.184. The van der Waals surface area contributed by atoms with Gasteiger partial charge in [-0.15, -0.1) is 10.2 Å². The Morgan fingerprint density at radius 2 is 1.73 bits per heavy atom. The summed E-state index contributed by atoms with van der Waals surface area (Å²) in [5.74, 6) is 1.36. The fraction of sp³-hybridized carbons (Fsp3) is 0.174. The van der Waals surface area contributed by atoms with Gasteiger partial charge in [-0.25, -0.2) is 0 Å². The van der Waals surface area contributed by atoms with Crippen LogP contribution < -0.4 is 10.1 Å². The third kappa shape index (κ3) is 5.68. The van der Waals surface area contributed by atoms with Crippen LogP contribution in [0.3, 0.4) is 0 Å². The topological polar surface area (TPSA) is 98.5 Å². The fourth-order valence-electron chi connectivity index (χ4n) is 3.04. The van der Waals surface area contributed by atoms with Crippen LogP contribution in [0.5, 0.6) is 5.75 Å². The molecule has 2 aromatic carbocycles. The molecule has 1 amide bonds. The number of thioether (sulfide) groups is 1. The zero-order valence-corrected chi connectivity index (χ0v) is 19.3. The summed E-state index contributed by atoms with van der Waals surface area (Å²) in [7, 11) is 1.58. The quantitative estimate of drug-likeness (QED) is 0.287. The molecule has 168 valence electrons. The van der Waals surface area contributed by atoms with Gasteiger partial charge in [-0.05, 0) is 60.7 Å². The van der Waals surface area contributed by atoms with E-state index in [0.29, 0.717) is 51.4 Å². The van der Waals surface area contributed by atoms with Crippen LogP contribution in [-0.2, 0) is 6.42 Å². The van der Waals surface area contributed by atoms with Gasteiger partial charge in [0.2, 0.25) is 0 Å². The van der Waals surface area contributed by atoms with Gasteiger partial charge in [-0.2, -0.15) is 9.61 Å². The predicted molar refractivity (Wildman–Crippen MR) is 126 cm³/mol. The number of benzene rings is 2. The lowest BCUT2D eigenvalue weighted by molar-refractivity contribution is 0.0953. The molecule has 0 saturated carbocycles. The average molecular weight is 482 g/mol. The number of methoxy groups -OCH3 is 1. The third-order valence-electron chi connectivity index (χ3n) is 4.81. The Hall–Kier alpha value is -3.43. The summed E-state index contributed by atoms with van der Waals surface area (Å²) in [6.07, 6.45) is 0.452. The molecule has 10 heteroatoms. The molecular formula is C23H20ClN5O3S. The molecule has 0 unspecified atom stereocenters. The number of amides is 1. The molecular weight excluding hydrogens is 462 g/mol. The van der Waals surface area contributed by atoms with Crippen LogP contribution in [0, 0.1) is 0 Å². The first-order chi connectivity index (χ1) is 16.0. The number of carbonyl (C=O) groups excluding carboxylic acids is 2. The van der Waals surface area contributed by atoms with Crippen LogP contribution in [0.4, 0.5) is 0 Å². The van der Waals surface area contributed by atoms with Crippen molar-refractivity contribution >= 4 is 40.7 Å². The van der Waals surface area contributed by atoms with E-state index < -0.39 is 0 Å². The van der Waals surface area contributed by atoms with E-state index in [1.165, 1.54) is 11.8 Å². The van der Waals surface area contributed by atoms with Crippen molar-refractivity contribution in [1.82, 2.24) is 25.1 Å². The van der Waals surface area contributed by atoms with Crippen molar-refractivity contribution < 1.29 is 14.3 Å². The SMILES string of the molecule is COc1ccc(C(=O)NCCc2nnc3ccc(SCC(=O)c4ccc(Cl)cc4)nn23)cc1. The number of carbonyl (C=O) groups is 2. The van der Waals surface area contributed by atoms with E-state index in [1.54, 1.807) is 72.3 Å². The van der Waals surface area contributed by atoms with E-state index >= 15 is 0 Å². The van der Waals surface area contributed by atoms with Crippen LogP contribution >= 0.6 is 23.4 Å². The Labute approximate surface area is 199 Å². The van der Waals surface area contributed by atoms with Gasteiger partial charge in [0.05, 0.1) is 12.9 Å². The van der Waals surface area contributed by atoms with Crippen molar-refractivity contribution in [2.75, 3.05) is 19.4 Å². The number of hydrogen-bond acceptors (Lipinski definition) is 7. The van der Waals surface area contributed by atoms with Crippen molar-refractivity contribution in [3.05, 3.63) is 82.6 Å². The van der Waals surface area contributed by atoms with E-state index in [0.717, 1.165) is 0 Å². The van der Waals surface area contributed by atoms with Crippen molar-refractivity contribution in [2.45, 2.75) is 11.4 Å². The van der Waals surface area contributed by atoms with Crippen LogP contribution in [0.15, 0.2) is 65.7 Å². The average Bonchev–Trinajstić information content (AvgIpc) is 3.25. The molecule has 0 fully saturated rings. The predicted octanol–water partition coefficient (Wildman–Crippen LogP) is 3.73. The summed E-state index contributed by atoms with van der Waals surface area (Å²) in [5.41, 5.74) is 1.74. The van der Waals surface area contributed by atoms with E-state index in [1.807, 2.05) is 0 Å². The molecule has 0 radical (unpaired) electrons. The molecule has 0 bridgehead atoms. The number of hydrogen-bond donors (Lipinski definition) is 1. The molecule has 2 heterocycles. The molecule has 4 aromatic rings. The first-order valence-electron chi connectivity index (χ1n) is 10.1. The molecule has 4 rings (SSSR count). The smallest absolute Gasteiger partial charge is 0.251 e. The van der Waals surface area contributed by atoms with Gasteiger partial charge in [0.1, 0.15) is 10.8 Å². The van der Waals surface area contributed by atoms with Crippen LogP contribution in [0.25, 0.3) is 5.65 Å². The Kier molecular flexibility index (Phi) is 7.21. The van der Waals surface area contributed by atoms with E-state index in [4.69, 9.17) is 16.3 Å². The molecule has 0 aliphatic carbocycles. The zero-order chi connectivity index (χ0) is 23.2. The highest BCUT2D eigenvalue weighted by Gasteiger charge is 2.12. The Bertz CT molecular complexity index is 1280. The Balaban J connectivity index is 1.35. The number of ketones is 1. The number of nitrogens with zero attached hydrogens (tertiary/aromatic N) is 4. The van der Waals surface area contributed by atoms with Gasteiger partial charge in [0, 0.05) is 29.1 Å². The Morgan fingerprint density at radius 1 is 1.00 bits per heavy atom. The van der Waals surface area contributed by atoms with Gasteiger partial charge in [0.15, 0.2) is 17.3 Å². The molecule has 0 aliphatic rings. The van der Waals surface area contributed by atoms with Crippen molar-refractivity contribution in [3.63, 3.8) is 0 Å². The fourth-order valence-corrected chi connectivity index (χ4v) is 3.92. The molecule has 8 nitrogen and oxygen atoms in total. The van der Waals surface area contributed by atoms with Gasteiger partial charge in [-0.3, -0.25) is 9.59 Å². The highest BCUT2D eigenvalue weighted by Crippen LogP contribution is 2.19. The Morgan fingerprint density at radius 3 is 2.45 bits per heavy atom. The third-order valence-corrected chi connectivity index (χ3v) is 5.98. The minimum absolute atomic E-state index is 0.0104. The van der Waals surface area contributed by atoms with E-state index in [9.17, 15) is 9.59 Å². The zero-order valence-electron chi connectivity index (χ0n) is 17.7. The first-order valence-corrected chi connectivity index (χ1v) is 11.4. The summed E-state index contributed by atoms with van der Waals surface area (Å²) in [6.45, 7) is 0.375. The summed E-state index contributed by atoms with van der Waals surface area (Å²) in [4.78, 5) is 24.7. The standard InChI is InChI=1S/C23H20ClN5O3S/c1-32-18-8-4-16(5-9-18)23(31)25-13-12-21-27-26-20-10-11-22(28-29(20)21)33-14-19(30)15-2-6-17(24)7-3-15/h2-11H,12-14H2,1H3,(H,25,31). The number of fused-ring (bicyclic) bond motifs is 1. The van der Waals surface area contributed by atoms with Gasteiger partial charge < -0.3 is 10.1 Å². The van der Waals surface area contributed by atoms with Gasteiger partial charge in [0.25, 0.3) is 5.91 Å². The van der Waals surface area contributed by atoms with Gasteiger partial charge in [-0.1, -0.05) is 23.4 Å². The lowest BCUT2D eigenvalue weighted by atomic mass is 10.1. The summed E-state index contributed by atoms with van der Waals surface area (Å²) >= 11 is 7.21. The van der Waals surface area contributed by atoms with Crippen LogP contribution in [-0.4, -0.2) is 50.9 Å². The monoisotopic (exact) mass is 481 g/mol. The highest BCUT2D eigenvalue weighted by atomic mass is 35.5. The largest absolute Gasteiger partial charge is 0.497 e. The summed E-state index contributed by atoms with van der Waals surface area (Å²) in [6, 6.07) is 17.3. The summed E-state index contributed by atoms with van der Waals surface area (Å²) in [5, 5.41) is 17.0. The number of aromatic nitrogens is 4. The molecule has 0 spiro atoms. The van der Waals surface area contributed by atoms with Crippen molar-refractivity contribution in [3.8, 4) is 5.75 Å². The van der Waals surface area contributed by atoms with Crippen LogP contribution in [0.2, 0.25) is 5.02 Å². The lowest BCUT2D eigenvalue weighted by Crippen LogP contribution is -2.26. The second-order valence-electron chi connectivity index (χ2n) is 7.01. The first kappa shape index (κ1) is 22.8. The number of halogens is 1. The normalized spacial score (nSPS) is 10.8. The second-order valence-corrected chi connectivity index (χ2v) is 8.44. The van der Waals surface area contributed by atoms with Crippen LogP contribution in [0.1, 0.15) is 26.5 Å². The highest BCUT2D eigenvalue weighted by molar-refractivity contribution is 7.99. The summed E-state index contributed by atoms with van der Waals surface area (Å²) < 4.78 is 6.74. The molecule has 0 aliphatic heterocycles. The number of Topliss-reactive ketones (excluding diaryl/α,β-unsaturated/α-hetero) is 1. The molecule has 2 aromatic heterocycles. The van der Waals surface area contributed by atoms with Gasteiger partial charge >= 0.3 is 0 Å². The molecule has 1 N–H and O–H groups in total. The van der Waals surface area contributed by atoms with E-state index in [2.05, 4.69) is 20.6 Å². The van der Waals surface area contributed by atoms with Crippen molar-refractivity contribution in [2.24, 2.45) is 0 Å². The van der Waals surface area contributed by atoms with Crippen molar-refractivity contribution in [1.29, 1.82) is 0 Å². The maximum Gasteiger partial charge on any atom is 0.251 e. The molecule has 33 heavy (non-hydrogen) atoms. The second kappa shape index (κ2) is 10.5. The maximum absolute atomic E-state index is 12.4. The molecule has 0 atom stereocenters. The maximum atomic E-state index is 12.4. The number of nitrogens with one attached hydrogen (secondary N) is 1. The number of ether oxygens (including phenoxy) is 1. The van der Waals surface area contributed by atoms with E-state index in [-0.39, 0.29) is 17.4 Å². The number of rotatable bonds is 9. The molecule has 0 saturated heterocycles.